The van der Waals surface area contributed by atoms with Crippen LogP contribution in [-0.2, 0) is 0 Å². The van der Waals surface area contributed by atoms with Crippen LogP contribution in [0.5, 0.6) is 5.75 Å². The summed E-state index contributed by atoms with van der Waals surface area (Å²) in [4.78, 5) is 3.23. The minimum Gasteiger partial charge on any atom is -0.492 e. The molecule has 0 saturated carbocycles. The predicted molar refractivity (Wildman–Crippen MR) is 44.3 cm³/mol. The van der Waals surface area contributed by atoms with Crippen molar-refractivity contribution < 1.29 is 9.53 Å². The fourth-order valence-corrected chi connectivity index (χ4v) is 1.33. The topological polar surface area (TPSA) is 45.6 Å². The number of fused-ring (bicyclic) bond motifs is 1. The summed E-state index contributed by atoms with van der Waals surface area (Å²) in [6.45, 7) is 0.594. The third kappa shape index (κ3) is 1.00. The van der Waals surface area contributed by atoms with E-state index in [1.807, 2.05) is 24.3 Å². The van der Waals surface area contributed by atoms with E-state index in [2.05, 4.69) is 4.79 Å². The molecule has 0 unspecified atom stereocenters. The molecule has 0 N–H and O–H groups in total. The number of rotatable bonds is 0. The van der Waals surface area contributed by atoms with Crippen LogP contribution in [0.4, 0.5) is 0 Å². The summed E-state index contributed by atoms with van der Waals surface area (Å²) in [6, 6.07) is 7.57. The molecule has 0 saturated heterocycles. The Labute approximate surface area is 70.2 Å². The lowest BCUT2D eigenvalue weighted by Gasteiger charge is -2.12. The van der Waals surface area contributed by atoms with Crippen LogP contribution in [0.25, 0.3) is 5.53 Å². The number of hydrogen-bond acceptors (Lipinski definition) is 1. The molecule has 0 spiro atoms. The third-order valence-electron chi connectivity index (χ3n) is 1.92. The van der Waals surface area contributed by atoms with Gasteiger partial charge in [-0.3, -0.25) is 0 Å². The zero-order valence-electron chi connectivity index (χ0n) is 6.53. The Hall–Kier alpha value is -1.60. The van der Waals surface area contributed by atoms with Crippen LogP contribution in [0.2, 0.25) is 0 Å². The SMILES string of the molecule is [N-]=[N+]=C1CCOc2ccccc21. The number of para-hydroxylation sites is 1. The first kappa shape index (κ1) is 7.07. The molecule has 0 atom stereocenters. The van der Waals surface area contributed by atoms with Gasteiger partial charge in [0.25, 0.3) is 0 Å². The van der Waals surface area contributed by atoms with E-state index in [9.17, 15) is 0 Å². The highest BCUT2D eigenvalue weighted by atomic mass is 16.5. The van der Waals surface area contributed by atoms with Crippen LogP contribution in [0.1, 0.15) is 12.0 Å². The van der Waals surface area contributed by atoms with Crippen molar-refractivity contribution >= 4 is 5.71 Å². The summed E-state index contributed by atoms with van der Waals surface area (Å²) in [7, 11) is 0. The summed E-state index contributed by atoms with van der Waals surface area (Å²) in [5.41, 5.74) is 10.3. The first-order valence-electron chi connectivity index (χ1n) is 3.85. The van der Waals surface area contributed by atoms with Gasteiger partial charge in [-0.25, -0.2) is 0 Å². The van der Waals surface area contributed by atoms with E-state index in [0.717, 1.165) is 11.3 Å². The summed E-state index contributed by atoms with van der Waals surface area (Å²) >= 11 is 0. The summed E-state index contributed by atoms with van der Waals surface area (Å²) in [5.74, 6) is 0.802. The summed E-state index contributed by atoms with van der Waals surface area (Å²) < 4.78 is 5.36. The van der Waals surface area contributed by atoms with Gasteiger partial charge in [0.2, 0.25) is 0 Å². The average Bonchev–Trinajstić information content (AvgIpc) is 2.17. The van der Waals surface area contributed by atoms with Crippen molar-refractivity contribution in [2.45, 2.75) is 6.42 Å². The number of ether oxygens (including phenoxy) is 1. The maximum Gasteiger partial charge on any atom is 0.306 e. The normalized spacial score (nSPS) is 14.5. The second-order valence-corrected chi connectivity index (χ2v) is 2.64. The molecule has 1 aliphatic heterocycles. The molecule has 12 heavy (non-hydrogen) atoms. The molecule has 1 aromatic rings. The Morgan fingerprint density at radius 3 is 3.00 bits per heavy atom. The molecule has 0 fully saturated rings. The van der Waals surface area contributed by atoms with E-state index in [-0.39, 0.29) is 0 Å². The van der Waals surface area contributed by atoms with Crippen LogP contribution < -0.4 is 4.74 Å². The molecular weight excluding hydrogens is 152 g/mol. The maximum absolute atomic E-state index is 8.67. The molecule has 1 aromatic carbocycles. The van der Waals surface area contributed by atoms with E-state index in [1.54, 1.807) is 0 Å². The van der Waals surface area contributed by atoms with Crippen molar-refractivity contribution in [1.29, 1.82) is 0 Å². The molecule has 0 aromatic heterocycles. The van der Waals surface area contributed by atoms with Crippen molar-refractivity contribution in [3.8, 4) is 5.75 Å². The minimum absolute atomic E-state index is 0.594. The second-order valence-electron chi connectivity index (χ2n) is 2.64. The highest BCUT2D eigenvalue weighted by Gasteiger charge is 2.21. The lowest BCUT2D eigenvalue weighted by molar-refractivity contribution is -0.00936. The Balaban J connectivity index is 2.58. The number of hydrogen-bond donors (Lipinski definition) is 0. The second kappa shape index (κ2) is 2.80. The smallest absolute Gasteiger partial charge is 0.306 e. The van der Waals surface area contributed by atoms with E-state index < -0.39 is 0 Å². The monoisotopic (exact) mass is 160 g/mol. The Morgan fingerprint density at radius 1 is 1.33 bits per heavy atom. The number of nitrogens with zero attached hydrogens (tertiary/aromatic N) is 2. The average molecular weight is 160 g/mol. The van der Waals surface area contributed by atoms with Gasteiger partial charge < -0.3 is 10.3 Å². The van der Waals surface area contributed by atoms with Gasteiger partial charge in [0.15, 0.2) is 0 Å². The molecule has 0 radical (unpaired) electrons. The molecule has 3 nitrogen and oxygen atoms in total. The Bertz CT molecular complexity index is 353. The molecule has 0 aliphatic carbocycles. The van der Waals surface area contributed by atoms with Crippen LogP contribution in [0, 0.1) is 0 Å². The molecule has 3 heteroatoms. The van der Waals surface area contributed by atoms with Gasteiger partial charge in [-0.2, -0.15) is 4.79 Å². The highest BCUT2D eigenvalue weighted by molar-refractivity contribution is 5.99. The van der Waals surface area contributed by atoms with Gasteiger partial charge in [-0.1, -0.05) is 12.1 Å². The molecular formula is C9H8N2O. The highest BCUT2D eigenvalue weighted by Crippen LogP contribution is 2.22. The van der Waals surface area contributed by atoms with E-state index in [4.69, 9.17) is 10.3 Å². The minimum atomic E-state index is 0.594. The first-order valence-corrected chi connectivity index (χ1v) is 3.85. The van der Waals surface area contributed by atoms with E-state index in [1.165, 1.54) is 0 Å². The molecule has 0 bridgehead atoms. The van der Waals surface area contributed by atoms with Gasteiger partial charge in [-0.05, 0) is 12.1 Å². The van der Waals surface area contributed by atoms with Crippen LogP contribution in [0.15, 0.2) is 24.3 Å². The van der Waals surface area contributed by atoms with Crippen LogP contribution >= 0.6 is 0 Å². The predicted octanol–water partition coefficient (Wildman–Crippen LogP) is 1.49. The van der Waals surface area contributed by atoms with Gasteiger partial charge in [0.1, 0.15) is 11.3 Å². The van der Waals surface area contributed by atoms with E-state index in [0.29, 0.717) is 18.7 Å². The summed E-state index contributed by atoms with van der Waals surface area (Å²) in [5, 5.41) is 0. The largest absolute Gasteiger partial charge is 0.492 e. The number of benzene rings is 1. The molecule has 0 amide bonds. The molecule has 2 rings (SSSR count). The zero-order valence-corrected chi connectivity index (χ0v) is 6.53. The van der Waals surface area contributed by atoms with Crippen molar-refractivity contribution in [1.82, 2.24) is 0 Å². The molecule has 60 valence electrons. The summed E-state index contributed by atoms with van der Waals surface area (Å²) in [6.07, 6.45) is 0.674. The lowest BCUT2D eigenvalue weighted by atomic mass is 10.0. The molecule has 1 aliphatic rings. The lowest BCUT2D eigenvalue weighted by Crippen LogP contribution is -2.16. The zero-order chi connectivity index (χ0) is 8.39. The van der Waals surface area contributed by atoms with Crippen LogP contribution in [-0.4, -0.2) is 17.1 Å². The van der Waals surface area contributed by atoms with Crippen molar-refractivity contribution in [2.24, 2.45) is 0 Å². The standard InChI is InChI=1S/C9H8N2O/c10-11-8-5-6-12-9-4-2-1-3-7(8)9/h1-4H,5-6H2. The van der Waals surface area contributed by atoms with Gasteiger partial charge in [0.05, 0.1) is 13.0 Å². The van der Waals surface area contributed by atoms with Gasteiger partial charge >= 0.3 is 5.71 Å². The first-order chi connectivity index (χ1) is 5.92. The van der Waals surface area contributed by atoms with Crippen LogP contribution in [0.3, 0.4) is 0 Å². The van der Waals surface area contributed by atoms with Gasteiger partial charge in [0, 0.05) is 0 Å². The van der Waals surface area contributed by atoms with Crippen molar-refractivity contribution in [3.05, 3.63) is 35.4 Å². The third-order valence-corrected chi connectivity index (χ3v) is 1.92. The Kier molecular flexibility index (Phi) is 1.65. The van der Waals surface area contributed by atoms with E-state index >= 15 is 0 Å². The fourth-order valence-electron chi connectivity index (χ4n) is 1.33. The maximum atomic E-state index is 8.67. The quantitative estimate of drug-likeness (QED) is 0.419. The Morgan fingerprint density at radius 2 is 2.17 bits per heavy atom. The van der Waals surface area contributed by atoms with Gasteiger partial charge in [-0.15, -0.1) is 0 Å². The molecule has 1 heterocycles. The van der Waals surface area contributed by atoms with Crippen molar-refractivity contribution in [2.75, 3.05) is 6.61 Å². The fraction of sp³-hybridized carbons (Fsp3) is 0.222. The van der Waals surface area contributed by atoms with Crippen molar-refractivity contribution in [3.63, 3.8) is 0 Å².